The summed E-state index contributed by atoms with van der Waals surface area (Å²) in [4.78, 5) is 2.33. The fraction of sp³-hybridized carbons (Fsp3) is 0. The fourth-order valence-corrected chi connectivity index (χ4v) is 10.4. The molecule has 2 heterocycles. The van der Waals surface area contributed by atoms with E-state index in [2.05, 4.69) is 264 Å². The summed E-state index contributed by atoms with van der Waals surface area (Å²) in [5, 5.41) is 4.70. The number of anilines is 3. The Morgan fingerprint density at radius 3 is 1.36 bits per heavy atom. The van der Waals surface area contributed by atoms with Crippen LogP contribution < -0.4 is 4.90 Å². The van der Waals surface area contributed by atoms with Gasteiger partial charge in [-0.15, -0.1) is 0 Å². The van der Waals surface area contributed by atoms with Crippen molar-refractivity contribution in [2.24, 2.45) is 0 Å². The van der Waals surface area contributed by atoms with Crippen LogP contribution in [-0.4, -0.2) is 4.57 Å². The highest BCUT2D eigenvalue weighted by Crippen LogP contribution is 2.44. The van der Waals surface area contributed by atoms with E-state index in [1.807, 2.05) is 12.1 Å². The summed E-state index contributed by atoms with van der Waals surface area (Å²) in [5.74, 6) is 0. The zero-order valence-corrected chi connectivity index (χ0v) is 37.7. The fourth-order valence-electron chi connectivity index (χ4n) is 10.4. The number of hydrogen-bond donors (Lipinski definition) is 0. The first-order valence-corrected chi connectivity index (χ1v) is 23.6. The molecular formula is C66H44N2O. The van der Waals surface area contributed by atoms with Crippen molar-refractivity contribution in [2.45, 2.75) is 0 Å². The molecule has 13 rings (SSSR count). The quantitative estimate of drug-likeness (QED) is 0.144. The molecule has 69 heavy (non-hydrogen) atoms. The van der Waals surface area contributed by atoms with Crippen molar-refractivity contribution in [1.82, 2.24) is 4.57 Å². The van der Waals surface area contributed by atoms with E-state index in [9.17, 15) is 0 Å². The van der Waals surface area contributed by atoms with E-state index in [4.69, 9.17) is 4.42 Å². The summed E-state index contributed by atoms with van der Waals surface area (Å²) >= 11 is 0. The van der Waals surface area contributed by atoms with Crippen LogP contribution in [0.4, 0.5) is 17.1 Å². The zero-order chi connectivity index (χ0) is 45.7. The summed E-state index contributed by atoms with van der Waals surface area (Å²) in [6, 6.07) is 96.0. The predicted octanol–water partition coefficient (Wildman–Crippen LogP) is 18.5. The van der Waals surface area contributed by atoms with E-state index in [1.165, 1.54) is 66.3 Å². The van der Waals surface area contributed by atoms with Gasteiger partial charge in [-0.25, -0.2) is 0 Å². The number of para-hydroxylation sites is 3. The lowest BCUT2D eigenvalue weighted by Crippen LogP contribution is -2.09. The van der Waals surface area contributed by atoms with Gasteiger partial charge in [0, 0.05) is 50.4 Å². The molecule has 0 aliphatic carbocycles. The molecule has 13 aromatic rings. The molecule has 3 nitrogen and oxygen atoms in total. The van der Waals surface area contributed by atoms with Gasteiger partial charge in [0.25, 0.3) is 0 Å². The Morgan fingerprint density at radius 2 is 0.710 bits per heavy atom. The van der Waals surface area contributed by atoms with Gasteiger partial charge in [0.1, 0.15) is 11.2 Å². The number of nitrogens with zero attached hydrogens (tertiary/aromatic N) is 2. The van der Waals surface area contributed by atoms with Crippen LogP contribution in [0.5, 0.6) is 0 Å². The van der Waals surface area contributed by atoms with Crippen LogP contribution in [0.3, 0.4) is 0 Å². The van der Waals surface area contributed by atoms with E-state index >= 15 is 0 Å². The van der Waals surface area contributed by atoms with E-state index in [1.54, 1.807) is 0 Å². The van der Waals surface area contributed by atoms with Gasteiger partial charge in [-0.3, -0.25) is 0 Å². The molecule has 11 aromatic carbocycles. The number of hydrogen-bond acceptors (Lipinski definition) is 2. The summed E-state index contributed by atoms with van der Waals surface area (Å²) < 4.78 is 8.83. The van der Waals surface area contributed by atoms with Crippen LogP contribution in [-0.2, 0) is 0 Å². The first-order chi connectivity index (χ1) is 34.2. The van der Waals surface area contributed by atoms with E-state index in [-0.39, 0.29) is 0 Å². The van der Waals surface area contributed by atoms with Gasteiger partial charge in [0.05, 0.1) is 11.0 Å². The van der Waals surface area contributed by atoms with Crippen molar-refractivity contribution in [3.63, 3.8) is 0 Å². The highest BCUT2D eigenvalue weighted by atomic mass is 16.3. The zero-order valence-electron chi connectivity index (χ0n) is 37.7. The molecule has 0 N–H and O–H groups in total. The van der Waals surface area contributed by atoms with Gasteiger partial charge in [0.2, 0.25) is 0 Å². The minimum atomic E-state index is 0.858. The van der Waals surface area contributed by atoms with Gasteiger partial charge in [-0.05, 0) is 128 Å². The van der Waals surface area contributed by atoms with Gasteiger partial charge in [0.15, 0.2) is 0 Å². The molecule has 0 fully saturated rings. The van der Waals surface area contributed by atoms with E-state index < -0.39 is 0 Å². The second-order valence-electron chi connectivity index (χ2n) is 17.6. The normalized spacial score (nSPS) is 11.5. The van der Waals surface area contributed by atoms with Gasteiger partial charge >= 0.3 is 0 Å². The minimum absolute atomic E-state index is 0.858. The Morgan fingerprint density at radius 1 is 0.261 bits per heavy atom. The molecular weight excluding hydrogens is 837 g/mol. The topological polar surface area (TPSA) is 21.3 Å². The van der Waals surface area contributed by atoms with Crippen LogP contribution in [0.25, 0.3) is 105 Å². The number of aromatic nitrogens is 1. The maximum atomic E-state index is 6.47. The second-order valence-corrected chi connectivity index (χ2v) is 17.6. The van der Waals surface area contributed by atoms with Crippen molar-refractivity contribution in [1.29, 1.82) is 0 Å². The molecule has 3 heteroatoms. The van der Waals surface area contributed by atoms with Gasteiger partial charge in [-0.2, -0.15) is 0 Å². The van der Waals surface area contributed by atoms with Crippen LogP contribution in [0.2, 0.25) is 0 Å². The Labute approximate surface area is 401 Å². The van der Waals surface area contributed by atoms with E-state index in [0.29, 0.717) is 0 Å². The van der Waals surface area contributed by atoms with Crippen LogP contribution in [0.15, 0.2) is 271 Å². The SMILES string of the molecule is c1ccc(-c2ccccc2-c2ccccc2-c2ccccc2-c2ccc(N(c3ccc(-c4ccc5c(c4)c4ccccc4n5-c4ccccc4)cc3)c3ccc4c(c3)oc3ccccc34)cc2)cc1. The molecule has 0 aliphatic rings. The smallest absolute Gasteiger partial charge is 0.137 e. The van der Waals surface area contributed by atoms with Crippen LogP contribution in [0.1, 0.15) is 0 Å². The summed E-state index contributed by atoms with van der Waals surface area (Å²) in [7, 11) is 0. The first-order valence-electron chi connectivity index (χ1n) is 23.6. The molecule has 324 valence electrons. The molecule has 0 bridgehead atoms. The predicted molar refractivity (Wildman–Crippen MR) is 290 cm³/mol. The first kappa shape index (κ1) is 40.1. The van der Waals surface area contributed by atoms with Crippen molar-refractivity contribution in [3.05, 3.63) is 267 Å². The molecule has 0 unspecified atom stereocenters. The average molecular weight is 881 g/mol. The molecule has 0 atom stereocenters. The third-order valence-corrected chi connectivity index (χ3v) is 13.6. The summed E-state index contributed by atoms with van der Waals surface area (Å²) in [6.45, 7) is 0. The second kappa shape index (κ2) is 16.9. The highest BCUT2D eigenvalue weighted by Gasteiger charge is 2.19. The lowest BCUT2D eigenvalue weighted by Gasteiger charge is -2.26. The molecule has 0 aliphatic heterocycles. The molecule has 0 amide bonds. The molecule has 0 saturated heterocycles. The lowest BCUT2D eigenvalue weighted by molar-refractivity contribution is 0.669. The summed E-state index contributed by atoms with van der Waals surface area (Å²) in [6.07, 6.45) is 0. The third-order valence-electron chi connectivity index (χ3n) is 13.6. The van der Waals surface area contributed by atoms with Gasteiger partial charge in [-0.1, -0.05) is 188 Å². The Kier molecular flexibility index (Phi) is 9.84. The number of fused-ring (bicyclic) bond motifs is 6. The number of furan rings is 1. The van der Waals surface area contributed by atoms with Crippen molar-refractivity contribution >= 4 is 60.8 Å². The van der Waals surface area contributed by atoms with Crippen molar-refractivity contribution in [3.8, 4) is 61.3 Å². The minimum Gasteiger partial charge on any atom is -0.456 e. The Hall–Kier alpha value is -9.18. The average Bonchev–Trinajstić information content (AvgIpc) is 3.97. The highest BCUT2D eigenvalue weighted by molar-refractivity contribution is 6.11. The number of rotatable bonds is 9. The standard InChI is InChI=1S/C66H44N2O/c1-3-17-46(18-4-1)53-21-7-9-23-55(53)57-25-11-12-26-58(57)56-24-10-8-22-54(56)47-33-38-51(39-34-47)67(52-40-41-61-60-28-14-16-30-65(60)69-66(61)44-52)50-36-31-45(32-37-50)48-35-42-64-62(43-48)59-27-13-15-29-63(59)68(64)49-19-5-2-6-20-49/h1-44H. The Balaban J connectivity index is 0.893. The maximum Gasteiger partial charge on any atom is 0.137 e. The third kappa shape index (κ3) is 7.08. The molecule has 0 radical (unpaired) electrons. The maximum absolute atomic E-state index is 6.47. The van der Waals surface area contributed by atoms with E-state index in [0.717, 1.165) is 55.8 Å². The molecule has 0 saturated carbocycles. The lowest BCUT2D eigenvalue weighted by atomic mass is 9.87. The number of benzene rings is 11. The Bertz CT molecular complexity index is 4000. The van der Waals surface area contributed by atoms with Crippen molar-refractivity contribution < 1.29 is 4.42 Å². The molecule has 2 aromatic heterocycles. The monoisotopic (exact) mass is 880 g/mol. The van der Waals surface area contributed by atoms with Crippen LogP contribution in [0, 0.1) is 0 Å². The van der Waals surface area contributed by atoms with Crippen molar-refractivity contribution in [2.75, 3.05) is 4.90 Å². The summed E-state index contributed by atoms with van der Waals surface area (Å²) in [5.41, 5.74) is 20.3. The van der Waals surface area contributed by atoms with Gasteiger partial charge < -0.3 is 13.9 Å². The largest absolute Gasteiger partial charge is 0.456 e. The molecule has 0 spiro atoms. The van der Waals surface area contributed by atoms with Crippen LogP contribution >= 0.6 is 0 Å².